The lowest BCUT2D eigenvalue weighted by molar-refractivity contribution is -0.130. The van der Waals surface area contributed by atoms with Gasteiger partial charge in [0.25, 0.3) is 0 Å². The SMILES string of the molecule is Cc1cc(-c2cccnc2)c2c3c(sc2c1Cl)CN(C(=O)CN)CC3. The number of fused-ring (bicyclic) bond motifs is 3. The van der Waals surface area contributed by atoms with Crippen LogP contribution in [-0.4, -0.2) is 28.9 Å². The third-order valence-corrected chi connectivity index (χ3v) is 6.57. The van der Waals surface area contributed by atoms with Crippen LogP contribution in [-0.2, 0) is 17.8 Å². The first kappa shape index (κ1) is 16.5. The lowest BCUT2D eigenvalue weighted by Gasteiger charge is -2.26. The zero-order chi connectivity index (χ0) is 17.6. The largest absolute Gasteiger partial charge is 0.336 e. The molecule has 3 aromatic rings. The van der Waals surface area contributed by atoms with Gasteiger partial charge in [-0.05, 0) is 42.2 Å². The van der Waals surface area contributed by atoms with Gasteiger partial charge in [-0.25, -0.2) is 0 Å². The van der Waals surface area contributed by atoms with E-state index in [0.29, 0.717) is 13.1 Å². The van der Waals surface area contributed by atoms with Crippen LogP contribution in [0.4, 0.5) is 0 Å². The van der Waals surface area contributed by atoms with Crippen LogP contribution in [0.1, 0.15) is 16.0 Å². The van der Waals surface area contributed by atoms with E-state index in [1.165, 1.54) is 21.4 Å². The predicted octanol–water partition coefficient (Wildman–Crippen LogP) is 3.77. The molecule has 128 valence electrons. The van der Waals surface area contributed by atoms with E-state index in [-0.39, 0.29) is 12.5 Å². The van der Waals surface area contributed by atoms with Gasteiger partial charge in [0.05, 0.1) is 22.8 Å². The normalized spacial score (nSPS) is 14.0. The van der Waals surface area contributed by atoms with Gasteiger partial charge in [0.2, 0.25) is 5.91 Å². The van der Waals surface area contributed by atoms with Crippen LogP contribution >= 0.6 is 22.9 Å². The fraction of sp³-hybridized carbons (Fsp3) is 0.263. The molecule has 3 heterocycles. The topological polar surface area (TPSA) is 59.2 Å². The summed E-state index contributed by atoms with van der Waals surface area (Å²) in [6, 6.07) is 6.17. The Morgan fingerprint density at radius 3 is 3.04 bits per heavy atom. The lowest BCUT2D eigenvalue weighted by atomic mass is 9.94. The van der Waals surface area contributed by atoms with E-state index in [4.69, 9.17) is 17.3 Å². The fourth-order valence-electron chi connectivity index (χ4n) is 3.47. The molecular weight excluding hydrogens is 354 g/mol. The molecule has 0 aliphatic carbocycles. The Labute approximate surface area is 155 Å². The van der Waals surface area contributed by atoms with Crippen molar-refractivity contribution in [1.29, 1.82) is 0 Å². The monoisotopic (exact) mass is 371 g/mol. The van der Waals surface area contributed by atoms with E-state index in [2.05, 4.69) is 17.1 Å². The number of nitrogens with zero attached hydrogens (tertiary/aromatic N) is 2. The minimum Gasteiger partial charge on any atom is -0.336 e. The van der Waals surface area contributed by atoms with Gasteiger partial charge in [-0.2, -0.15) is 0 Å². The van der Waals surface area contributed by atoms with Crippen LogP contribution in [0.15, 0.2) is 30.6 Å². The number of thiophene rings is 1. The highest BCUT2D eigenvalue weighted by Crippen LogP contribution is 2.45. The first-order valence-electron chi connectivity index (χ1n) is 8.21. The Balaban J connectivity index is 1.93. The van der Waals surface area contributed by atoms with Crippen molar-refractivity contribution in [2.45, 2.75) is 19.9 Å². The van der Waals surface area contributed by atoms with E-state index in [9.17, 15) is 4.79 Å². The van der Waals surface area contributed by atoms with Gasteiger partial charge in [0.1, 0.15) is 0 Å². The number of pyridine rings is 1. The highest BCUT2D eigenvalue weighted by molar-refractivity contribution is 7.20. The van der Waals surface area contributed by atoms with Crippen LogP contribution in [0.2, 0.25) is 5.02 Å². The minimum atomic E-state index is -0.00198. The smallest absolute Gasteiger partial charge is 0.236 e. The molecule has 2 N–H and O–H groups in total. The highest BCUT2D eigenvalue weighted by Gasteiger charge is 2.26. The molecule has 1 amide bonds. The molecule has 0 saturated carbocycles. The van der Waals surface area contributed by atoms with Crippen LogP contribution in [0, 0.1) is 6.92 Å². The first-order chi connectivity index (χ1) is 12.1. The van der Waals surface area contributed by atoms with Crippen LogP contribution in [0.3, 0.4) is 0 Å². The number of halogens is 1. The summed E-state index contributed by atoms with van der Waals surface area (Å²) < 4.78 is 1.10. The zero-order valence-electron chi connectivity index (χ0n) is 13.9. The molecule has 0 bridgehead atoms. The molecular formula is C19H18ClN3OS. The van der Waals surface area contributed by atoms with Crippen LogP contribution in [0.5, 0.6) is 0 Å². The lowest BCUT2D eigenvalue weighted by Crippen LogP contribution is -2.39. The zero-order valence-corrected chi connectivity index (χ0v) is 15.5. The molecule has 25 heavy (non-hydrogen) atoms. The molecule has 0 spiro atoms. The van der Waals surface area contributed by atoms with Crippen LogP contribution in [0.25, 0.3) is 21.2 Å². The van der Waals surface area contributed by atoms with Crippen molar-refractivity contribution in [1.82, 2.24) is 9.88 Å². The molecule has 4 nitrogen and oxygen atoms in total. The number of carbonyl (C=O) groups is 1. The van der Waals surface area contributed by atoms with E-state index >= 15 is 0 Å². The summed E-state index contributed by atoms with van der Waals surface area (Å²) in [5.41, 5.74) is 10.1. The number of benzene rings is 1. The maximum Gasteiger partial charge on any atom is 0.236 e. The third kappa shape index (κ3) is 2.72. The quantitative estimate of drug-likeness (QED) is 0.746. The Morgan fingerprint density at radius 2 is 2.32 bits per heavy atom. The van der Waals surface area contributed by atoms with Gasteiger partial charge in [-0.3, -0.25) is 9.78 Å². The number of nitrogens with two attached hydrogens (primary N) is 1. The number of rotatable bonds is 2. The summed E-state index contributed by atoms with van der Waals surface area (Å²) >= 11 is 8.32. The summed E-state index contributed by atoms with van der Waals surface area (Å²) in [5.74, 6) is -0.00198. The van der Waals surface area contributed by atoms with Gasteiger partial charge in [0, 0.05) is 34.8 Å². The molecule has 0 saturated heterocycles. The second kappa shape index (κ2) is 6.41. The van der Waals surface area contributed by atoms with E-state index in [0.717, 1.165) is 27.3 Å². The van der Waals surface area contributed by atoms with Gasteiger partial charge < -0.3 is 10.6 Å². The summed E-state index contributed by atoms with van der Waals surface area (Å²) in [5, 5.41) is 2.02. The molecule has 0 unspecified atom stereocenters. The molecule has 4 rings (SSSR count). The number of hydrogen-bond donors (Lipinski definition) is 1. The van der Waals surface area contributed by atoms with Crippen molar-refractivity contribution in [3.05, 3.63) is 51.6 Å². The van der Waals surface area contributed by atoms with Crippen molar-refractivity contribution in [2.24, 2.45) is 5.73 Å². The second-order valence-electron chi connectivity index (χ2n) is 6.27. The molecule has 1 aromatic carbocycles. The Hall–Kier alpha value is -1.95. The summed E-state index contributed by atoms with van der Waals surface area (Å²) in [6.07, 6.45) is 4.50. The fourth-order valence-corrected chi connectivity index (χ4v) is 5.11. The van der Waals surface area contributed by atoms with E-state index in [1.807, 2.05) is 24.1 Å². The number of aromatic nitrogens is 1. The molecule has 1 aliphatic heterocycles. The molecule has 0 atom stereocenters. The second-order valence-corrected chi connectivity index (χ2v) is 7.76. The Bertz CT molecular complexity index is 968. The number of amides is 1. The number of aryl methyl sites for hydroxylation is 1. The van der Waals surface area contributed by atoms with Crippen molar-refractivity contribution in [2.75, 3.05) is 13.1 Å². The maximum atomic E-state index is 12.0. The summed E-state index contributed by atoms with van der Waals surface area (Å²) in [4.78, 5) is 19.3. The maximum absolute atomic E-state index is 12.0. The predicted molar refractivity (Wildman–Crippen MR) is 103 cm³/mol. The van der Waals surface area contributed by atoms with Crippen molar-refractivity contribution in [3.8, 4) is 11.1 Å². The Morgan fingerprint density at radius 1 is 1.48 bits per heavy atom. The van der Waals surface area contributed by atoms with Crippen molar-refractivity contribution in [3.63, 3.8) is 0 Å². The number of hydrogen-bond acceptors (Lipinski definition) is 4. The summed E-state index contributed by atoms with van der Waals surface area (Å²) in [7, 11) is 0. The van der Waals surface area contributed by atoms with Gasteiger partial charge in [-0.1, -0.05) is 17.7 Å². The van der Waals surface area contributed by atoms with Gasteiger partial charge >= 0.3 is 0 Å². The highest BCUT2D eigenvalue weighted by atomic mass is 35.5. The molecule has 2 aromatic heterocycles. The molecule has 1 aliphatic rings. The average Bonchev–Trinajstić information content (AvgIpc) is 3.03. The molecule has 0 fully saturated rings. The van der Waals surface area contributed by atoms with E-state index in [1.54, 1.807) is 17.5 Å². The van der Waals surface area contributed by atoms with E-state index < -0.39 is 0 Å². The number of carbonyl (C=O) groups excluding carboxylic acids is 1. The van der Waals surface area contributed by atoms with Crippen molar-refractivity contribution < 1.29 is 4.79 Å². The summed E-state index contributed by atoms with van der Waals surface area (Å²) in [6.45, 7) is 3.41. The standard InChI is InChI=1S/C19H18ClN3OS/c1-11-7-14(12-3-2-5-22-9-12)17-13-4-6-23(16(24)8-21)10-15(13)25-19(17)18(11)20/h2-3,5,7,9H,4,6,8,10,21H2,1H3. The van der Waals surface area contributed by atoms with Gasteiger partial charge in [-0.15, -0.1) is 11.3 Å². The third-order valence-electron chi connectivity index (χ3n) is 4.73. The average molecular weight is 372 g/mol. The molecule has 6 heteroatoms. The first-order valence-corrected chi connectivity index (χ1v) is 9.41. The molecule has 0 radical (unpaired) electrons. The minimum absolute atomic E-state index is 0.00198. The van der Waals surface area contributed by atoms with Crippen molar-refractivity contribution >= 4 is 38.9 Å². The van der Waals surface area contributed by atoms with Crippen LogP contribution < -0.4 is 5.73 Å². The van der Waals surface area contributed by atoms with Gasteiger partial charge in [0.15, 0.2) is 0 Å². The Kier molecular flexibility index (Phi) is 4.23.